The Morgan fingerprint density at radius 3 is 2.41 bits per heavy atom. The third-order valence-electron chi connectivity index (χ3n) is 5.02. The standard InChI is InChI=1S/C25H19BrO6/c1-14-23(15-8-11-20(29-2)22(12-15)30-3)24(27)18-10-9-16(13-21(18)31-14)32-25(28)17-6-4-5-7-19(17)26/h4-13H,1-3H3. The lowest BCUT2D eigenvalue weighted by Gasteiger charge is -2.12. The van der Waals surface area contributed by atoms with Gasteiger partial charge in [-0.2, -0.15) is 0 Å². The molecule has 0 atom stereocenters. The molecule has 0 amide bonds. The summed E-state index contributed by atoms with van der Waals surface area (Å²) in [7, 11) is 3.09. The van der Waals surface area contributed by atoms with Crippen molar-refractivity contribution in [1.82, 2.24) is 0 Å². The van der Waals surface area contributed by atoms with Gasteiger partial charge in [-0.25, -0.2) is 4.79 Å². The number of hydrogen-bond donors (Lipinski definition) is 0. The molecule has 1 heterocycles. The molecule has 0 aliphatic rings. The molecule has 0 aliphatic carbocycles. The number of hydrogen-bond acceptors (Lipinski definition) is 6. The lowest BCUT2D eigenvalue weighted by atomic mass is 10.0. The summed E-state index contributed by atoms with van der Waals surface area (Å²) in [6.45, 7) is 1.71. The summed E-state index contributed by atoms with van der Waals surface area (Å²) >= 11 is 3.34. The molecule has 0 spiro atoms. The average molecular weight is 495 g/mol. The van der Waals surface area contributed by atoms with Crippen LogP contribution in [0.25, 0.3) is 22.1 Å². The van der Waals surface area contributed by atoms with Crippen LogP contribution < -0.4 is 19.6 Å². The van der Waals surface area contributed by atoms with Crippen molar-refractivity contribution < 1.29 is 23.4 Å². The maximum Gasteiger partial charge on any atom is 0.344 e. The summed E-state index contributed by atoms with van der Waals surface area (Å²) in [6.07, 6.45) is 0. The number of rotatable bonds is 5. The molecule has 1 aromatic heterocycles. The lowest BCUT2D eigenvalue weighted by Crippen LogP contribution is -2.10. The zero-order valence-electron chi connectivity index (χ0n) is 17.6. The fraction of sp³-hybridized carbons (Fsp3) is 0.120. The Balaban J connectivity index is 1.74. The van der Waals surface area contributed by atoms with Gasteiger partial charge in [0.05, 0.1) is 30.7 Å². The maximum absolute atomic E-state index is 13.3. The number of esters is 1. The third kappa shape index (κ3) is 3.99. The first-order valence-corrected chi connectivity index (χ1v) is 10.5. The van der Waals surface area contributed by atoms with Gasteiger partial charge in [-0.1, -0.05) is 18.2 Å². The first-order valence-electron chi connectivity index (χ1n) is 9.69. The van der Waals surface area contributed by atoms with Gasteiger partial charge in [-0.3, -0.25) is 4.79 Å². The van der Waals surface area contributed by atoms with E-state index in [2.05, 4.69) is 15.9 Å². The summed E-state index contributed by atoms with van der Waals surface area (Å²) in [5, 5.41) is 0.376. The lowest BCUT2D eigenvalue weighted by molar-refractivity contribution is 0.0734. The second kappa shape index (κ2) is 8.88. The number of benzene rings is 3. The summed E-state index contributed by atoms with van der Waals surface area (Å²) < 4.78 is 22.7. The van der Waals surface area contributed by atoms with Crippen molar-refractivity contribution in [2.45, 2.75) is 6.92 Å². The number of ether oxygens (including phenoxy) is 3. The van der Waals surface area contributed by atoms with Crippen molar-refractivity contribution in [2.24, 2.45) is 0 Å². The number of carbonyl (C=O) groups excluding carboxylic acids is 1. The monoisotopic (exact) mass is 494 g/mol. The quantitative estimate of drug-likeness (QED) is 0.259. The van der Waals surface area contributed by atoms with Gasteiger partial charge in [-0.15, -0.1) is 0 Å². The van der Waals surface area contributed by atoms with Gasteiger partial charge in [0, 0.05) is 10.5 Å². The van der Waals surface area contributed by atoms with Gasteiger partial charge >= 0.3 is 5.97 Å². The highest BCUT2D eigenvalue weighted by molar-refractivity contribution is 9.10. The normalized spacial score (nSPS) is 10.8. The largest absolute Gasteiger partial charge is 0.493 e. The molecule has 0 aliphatic heterocycles. The summed E-state index contributed by atoms with van der Waals surface area (Å²) in [5.41, 5.74) is 1.61. The van der Waals surface area contributed by atoms with Crippen LogP contribution in [0.4, 0.5) is 0 Å². The Kier molecular flexibility index (Phi) is 6.01. The van der Waals surface area contributed by atoms with E-state index in [1.165, 1.54) is 13.2 Å². The molecular formula is C25H19BrO6. The Morgan fingerprint density at radius 1 is 0.938 bits per heavy atom. The van der Waals surface area contributed by atoms with Crippen LogP contribution in [0.2, 0.25) is 0 Å². The van der Waals surface area contributed by atoms with Gasteiger partial charge in [0.2, 0.25) is 5.43 Å². The van der Waals surface area contributed by atoms with Crippen LogP contribution in [0.1, 0.15) is 16.1 Å². The molecule has 0 saturated carbocycles. The molecule has 32 heavy (non-hydrogen) atoms. The molecule has 4 rings (SSSR count). The van der Waals surface area contributed by atoms with E-state index < -0.39 is 5.97 Å². The number of fused-ring (bicyclic) bond motifs is 1. The van der Waals surface area contributed by atoms with Crippen LogP contribution in [0.5, 0.6) is 17.2 Å². The zero-order valence-corrected chi connectivity index (χ0v) is 19.2. The highest BCUT2D eigenvalue weighted by atomic mass is 79.9. The highest BCUT2D eigenvalue weighted by Crippen LogP contribution is 2.33. The van der Waals surface area contributed by atoms with Gasteiger partial charge in [0.25, 0.3) is 0 Å². The van der Waals surface area contributed by atoms with Gasteiger partial charge in [0.1, 0.15) is 17.1 Å². The van der Waals surface area contributed by atoms with Gasteiger partial charge in [-0.05, 0) is 64.8 Å². The molecular weight excluding hydrogens is 476 g/mol. The molecule has 0 fully saturated rings. The highest BCUT2D eigenvalue weighted by Gasteiger charge is 2.17. The van der Waals surface area contributed by atoms with Crippen molar-refractivity contribution in [2.75, 3.05) is 14.2 Å². The van der Waals surface area contributed by atoms with Crippen LogP contribution in [-0.4, -0.2) is 20.2 Å². The molecule has 0 bridgehead atoms. The average Bonchev–Trinajstić information content (AvgIpc) is 2.79. The van der Waals surface area contributed by atoms with E-state index in [4.69, 9.17) is 18.6 Å². The minimum atomic E-state index is -0.516. The number of aryl methyl sites for hydroxylation is 1. The van der Waals surface area contributed by atoms with E-state index in [0.29, 0.717) is 49.4 Å². The molecule has 162 valence electrons. The van der Waals surface area contributed by atoms with Crippen LogP contribution in [0.15, 0.2) is 74.3 Å². The SMILES string of the molecule is COc1ccc(-c2c(C)oc3cc(OC(=O)c4ccccc4Br)ccc3c2=O)cc1OC. The van der Waals surface area contributed by atoms with Crippen molar-refractivity contribution in [1.29, 1.82) is 0 Å². The Labute approximate surface area is 192 Å². The minimum Gasteiger partial charge on any atom is -0.493 e. The predicted octanol–water partition coefficient (Wildman–Crippen LogP) is 5.77. The van der Waals surface area contributed by atoms with Crippen LogP contribution in [0, 0.1) is 6.92 Å². The Hall–Kier alpha value is -3.58. The van der Waals surface area contributed by atoms with Crippen LogP contribution >= 0.6 is 15.9 Å². The second-order valence-corrected chi connectivity index (χ2v) is 7.81. The minimum absolute atomic E-state index is 0.195. The van der Waals surface area contributed by atoms with E-state index in [9.17, 15) is 9.59 Å². The van der Waals surface area contributed by atoms with Gasteiger partial charge < -0.3 is 18.6 Å². The van der Waals surface area contributed by atoms with E-state index in [-0.39, 0.29) is 11.2 Å². The van der Waals surface area contributed by atoms with Crippen LogP contribution in [0.3, 0.4) is 0 Å². The third-order valence-corrected chi connectivity index (χ3v) is 5.71. The maximum atomic E-state index is 13.3. The van der Waals surface area contributed by atoms with E-state index >= 15 is 0 Å². The van der Waals surface area contributed by atoms with E-state index in [0.717, 1.165) is 0 Å². The molecule has 0 saturated heterocycles. The smallest absolute Gasteiger partial charge is 0.344 e. The van der Waals surface area contributed by atoms with Gasteiger partial charge in [0.15, 0.2) is 11.5 Å². The number of halogens is 1. The number of carbonyl (C=O) groups is 1. The molecule has 3 aromatic carbocycles. The van der Waals surface area contributed by atoms with Crippen molar-refractivity contribution in [3.05, 3.63) is 86.7 Å². The summed E-state index contributed by atoms with van der Waals surface area (Å²) in [6, 6.07) is 16.9. The Bertz CT molecular complexity index is 1390. The van der Waals surface area contributed by atoms with Crippen molar-refractivity contribution >= 4 is 32.9 Å². The summed E-state index contributed by atoms with van der Waals surface area (Å²) in [4.78, 5) is 25.7. The van der Waals surface area contributed by atoms with Crippen LogP contribution in [-0.2, 0) is 0 Å². The molecule has 7 heteroatoms. The van der Waals surface area contributed by atoms with Crippen molar-refractivity contribution in [3.63, 3.8) is 0 Å². The molecule has 4 aromatic rings. The summed E-state index contributed by atoms with van der Waals surface area (Å²) in [5.74, 6) is 1.27. The fourth-order valence-corrected chi connectivity index (χ4v) is 3.91. The topological polar surface area (TPSA) is 75.0 Å². The molecule has 6 nitrogen and oxygen atoms in total. The van der Waals surface area contributed by atoms with E-state index in [1.807, 2.05) is 6.07 Å². The predicted molar refractivity (Wildman–Crippen MR) is 125 cm³/mol. The second-order valence-electron chi connectivity index (χ2n) is 6.96. The molecule has 0 unspecified atom stereocenters. The Morgan fingerprint density at radius 2 is 1.69 bits per heavy atom. The van der Waals surface area contributed by atoms with Crippen molar-refractivity contribution in [3.8, 4) is 28.4 Å². The number of methoxy groups -OCH3 is 2. The fourth-order valence-electron chi connectivity index (χ4n) is 3.46. The first-order chi connectivity index (χ1) is 15.4. The first kappa shape index (κ1) is 21.6. The van der Waals surface area contributed by atoms with E-state index in [1.54, 1.807) is 62.6 Å². The molecule has 0 N–H and O–H groups in total. The molecule has 0 radical (unpaired) electrons. The zero-order chi connectivity index (χ0) is 22.8.